The van der Waals surface area contributed by atoms with Crippen LogP contribution in [0.5, 0.6) is 5.75 Å². The Morgan fingerprint density at radius 2 is 1.86 bits per heavy atom. The van der Waals surface area contributed by atoms with Crippen LogP contribution in [0.2, 0.25) is 0 Å². The number of aromatic nitrogens is 5. The fraction of sp³-hybridized carbons (Fsp3) is 0.304. The van der Waals surface area contributed by atoms with Crippen molar-refractivity contribution in [2.75, 3.05) is 32.5 Å². The van der Waals surface area contributed by atoms with E-state index in [4.69, 9.17) is 4.52 Å². The van der Waals surface area contributed by atoms with Gasteiger partial charge in [-0.3, -0.25) is 4.68 Å². The van der Waals surface area contributed by atoms with Crippen molar-refractivity contribution in [1.82, 2.24) is 29.8 Å². The second-order valence-electron chi connectivity index (χ2n) is 8.07. The van der Waals surface area contributed by atoms with Gasteiger partial charge in [-0.05, 0) is 63.5 Å². The number of pyridine rings is 1. The molecule has 1 N–H and O–H groups in total. The number of halogens is 3. The SMILES string of the molecule is Cc1cc(-c2nc(-c3ccc(OC(F)(F)F)cc3)no2)nn1Cc1cccc(NCCN(C)C)n1. The molecule has 12 heteroatoms. The van der Waals surface area contributed by atoms with Crippen LogP contribution < -0.4 is 10.1 Å². The van der Waals surface area contributed by atoms with Crippen LogP contribution in [-0.2, 0) is 6.54 Å². The number of hydrogen-bond donors (Lipinski definition) is 1. The van der Waals surface area contributed by atoms with Gasteiger partial charge < -0.3 is 19.5 Å². The Bertz CT molecular complexity index is 1270. The van der Waals surface area contributed by atoms with Gasteiger partial charge >= 0.3 is 6.36 Å². The van der Waals surface area contributed by atoms with Gasteiger partial charge in [-0.1, -0.05) is 11.2 Å². The summed E-state index contributed by atoms with van der Waals surface area (Å²) < 4.78 is 48.0. The predicted octanol–water partition coefficient (Wildman–Crippen LogP) is 4.22. The summed E-state index contributed by atoms with van der Waals surface area (Å²) in [6.45, 7) is 4.04. The minimum absolute atomic E-state index is 0.199. The lowest BCUT2D eigenvalue weighted by Gasteiger charge is -2.11. The molecule has 0 saturated heterocycles. The fourth-order valence-electron chi connectivity index (χ4n) is 3.25. The molecule has 184 valence electrons. The standard InChI is InChI=1S/C23H24F3N7O2/c1-15-13-19(30-33(15)14-17-5-4-6-20(28-17)27-11-12-32(2)3)22-29-21(31-35-22)16-7-9-18(10-8-16)34-23(24,25)26/h4-10,13H,11-12,14H2,1-3H3,(H,27,28). The van der Waals surface area contributed by atoms with E-state index in [1.165, 1.54) is 24.3 Å². The molecule has 4 rings (SSSR count). The van der Waals surface area contributed by atoms with Gasteiger partial charge in [0.05, 0.1) is 12.2 Å². The van der Waals surface area contributed by atoms with Crippen LogP contribution in [0.3, 0.4) is 0 Å². The summed E-state index contributed by atoms with van der Waals surface area (Å²) in [5.41, 5.74) is 2.68. The van der Waals surface area contributed by atoms with E-state index in [9.17, 15) is 13.2 Å². The van der Waals surface area contributed by atoms with Gasteiger partial charge in [0.2, 0.25) is 5.82 Å². The van der Waals surface area contributed by atoms with Gasteiger partial charge in [-0.25, -0.2) is 4.98 Å². The molecule has 0 saturated carbocycles. The number of ether oxygens (including phenoxy) is 1. The van der Waals surface area contributed by atoms with Crippen LogP contribution in [0, 0.1) is 6.92 Å². The van der Waals surface area contributed by atoms with Crippen molar-refractivity contribution in [3.63, 3.8) is 0 Å². The number of rotatable bonds is 9. The lowest BCUT2D eigenvalue weighted by atomic mass is 10.2. The first-order chi connectivity index (χ1) is 16.7. The number of likely N-dealkylation sites (N-methyl/N-ethyl adjacent to an activating group) is 1. The zero-order valence-corrected chi connectivity index (χ0v) is 19.4. The van der Waals surface area contributed by atoms with E-state index < -0.39 is 6.36 Å². The average molecular weight is 487 g/mol. The Kier molecular flexibility index (Phi) is 7.01. The molecule has 3 aromatic heterocycles. The minimum atomic E-state index is -4.75. The van der Waals surface area contributed by atoms with Crippen molar-refractivity contribution < 1.29 is 22.4 Å². The highest BCUT2D eigenvalue weighted by Crippen LogP contribution is 2.27. The van der Waals surface area contributed by atoms with Crippen LogP contribution >= 0.6 is 0 Å². The Morgan fingerprint density at radius 1 is 1.09 bits per heavy atom. The van der Waals surface area contributed by atoms with Crippen LogP contribution in [0.25, 0.3) is 23.0 Å². The highest BCUT2D eigenvalue weighted by Gasteiger charge is 2.31. The topological polar surface area (TPSA) is 94.1 Å². The first-order valence-corrected chi connectivity index (χ1v) is 10.8. The van der Waals surface area contributed by atoms with Crippen molar-refractivity contribution in [2.24, 2.45) is 0 Å². The monoisotopic (exact) mass is 487 g/mol. The molecule has 4 aromatic rings. The maximum atomic E-state index is 12.3. The third-order valence-corrected chi connectivity index (χ3v) is 4.96. The Morgan fingerprint density at radius 3 is 2.57 bits per heavy atom. The van der Waals surface area contributed by atoms with E-state index in [1.54, 1.807) is 4.68 Å². The van der Waals surface area contributed by atoms with Gasteiger partial charge in [0, 0.05) is 24.3 Å². The molecule has 0 spiro atoms. The molecule has 0 atom stereocenters. The highest BCUT2D eigenvalue weighted by atomic mass is 19.4. The smallest absolute Gasteiger partial charge is 0.406 e. The van der Waals surface area contributed by atoms with Crippen LogP contribution in [0.15, 0.2) is 53.1 Å². The Hall–Kier alpha value is -3.93. The number of aryl methyl sites for hydroxylation is 1. The van der Waals surface area contributed by atoms with Crippen molar-refractivity contribution in [3.05, 3.63) is 59.9 Å². The first-order valence-electron chi connectivity index (χ1n) is 10.8. The summed E-state index contributed by atoms with van der Waals surface area (Å²) >= 11 is 0. The van der Waals surface area contributed by atoms with Crippen LogP contribution in [0.1, 0.15) is 11.4 Å². The number of anilines is 1. The molecular formula is C23H24F3N7O2. The average Bonchev–Trinajstić information content (AvgIpc) is 3.41. The van der Waals surface area contributed by atoms with Crippen LogP contribution in [0.4, 0.5) is 19.0 Å². The molecule has 9 nitrogen and oxygen atoms in total. The molecule has 0 aliphatic carbocycles. The molecule has 0 aliphatic heterocycles. The Balaban J connectivity index is 1.45. The summed E-state index contributed by atoms with van der Waals surface area (Å²) in [6.07, 6.45) is -4.75. The number of nitrogens with one attached hydrogen (secondary N) is 1. The maximum Gasteiger partial charge on any atom is 0.573 e. The molecule has 1 aromatic carbocycles. The highest BCUT2D eigenvalue weighted by molar-refractivity contribution is 5.59. The maximum absolute atomic E-state index is 12.3. The third-order valence-electron chi connectivity index (χ3n) is 4.96. The molecule has 0 fully saturated rings. The quantitative estimate of drug-likeness (QED) is 0.375. The lowest BCUT2D eigenvalue weighted by Crippen LogP contribution is -2.21. The third kappa shape index (κ3) is 6.57. The largest absolute Gasteiger partial charge is 0.573 e. The summed E-state index contributed by atoms with van der Waals surface area (Å²) in [5, 5.41) is 11.8. The first kappa shape index (κ1) is 24.2. The van der Waals surface area contributed by atoms with E-state index >= 15 is 0 Å². The number of benzene rings is 1. The zero-order chi connectivity index (χ0) is 25.0. The van der Waals surface area contributed by atoms with E-state index in [2.05, 4.69) is 35.2 Å². The second-order valence-corrected chi connectivity index (χ2v) is 8.07. The van der Waals surface area contributed by atoms with Crippen molar-refractivity contribution >= 4 is 5.82 Å². The van der Waals surface area contributed by atoms with Gasteiger partial charge in [0.1, 0.15) is 11.6 Å². The van der Waals surface area contributed by atoms with Gasteiger partial charge in [0.15, 0.2) is 5.69 Å². The van der Waals surface area contributed by atoms with E-state index in [-0.39, 0.29) is 17.5 Å². The molecule has 3 heterocycles. The van der Waals surface area contributed by atoms with E-state index in [0.717, 1.165) is 30.3 Å². The molecule has 0 bridgehead atoms. The molecule has 0 amide bonds. The number of hydrogen-bond acceptors (Lipinski definition) is 8. The summed E-state index contributed by atoms with van der Waals surface area (Å²) in [5.74, 6) is 0.890. The molecular weight excluding hydrogens is 463 g/mol. The fourth-order valence-corrected chi connectivity index (χ4v) is 3.25. The van der Waals surface area contributed by atoms with E-state index in [0.29, 0.717) is 17.8 Å². The summed E-state index contributed by atoms with van der Waals surface area (Å²) in [7, 11) is 4.03. The van der Waals surface area contributed by atoms with Gasteiger partial charge in [-0.2, -0.15) is 10.1 Å². The normalized spacial score (nSPS) is 11.7. The van der Waals surface area contributed by atoms with Gasteiger partial charge in [0.25, 0.3) is 5.89 Å². The van der Waals surface area contributed by atoms with E-state index in [1.807, 2.05) is 45.3 Å². The second kappa shape index (κ2) is 10.1. The van der Waals surface area contributed by atoms with Crippen molar-refractivity contribution in [2.45, 2.75) is 19.8 Å². The van der Waals surface area contributed by atoms with Crippen LogP contribution in [-0.4, -0.2) is 63.4 Å². The molecule has 0 radical (unpaired) electrons. The summed E-state index contributed by atoms with van der Waals surface area (Å²) in [6, 6.07) is 12.8. The number of alkyl halides is 3. The number of nitrogens with zero attached hydrogens (tertiary/aromatic N) is 6. The molecule has 0 aliphatic rings. The van der Waals surface area contributed by atoms with Gasteiger partial charge in [-0.15, -0.1) is 13.2 Å². The minimum Gasteiger partial charge on any atom is -0.406 e. The Labute approximate surface area is 199 Å². The zero-order valence-electron chi connectivity index (χ0n) is 19.4. The molecule has 35 heavy (non-hydrogen) atoms. The van der Waals surface area contributed by atoms with Crippen molar-refractivity contribution in [3.8, 4) is 28.7 Å². The van der Waals surface area contributed by atoms with Crippen molar-refractivity contribution in [1.29, 1.82) is 0 Å². The lowest BCUT2D eigenvalue weighted by molar-refractivity contribution is -0.274. The predicted molar refractivity (Wildman–Crippen MR) is 123 cm³/mol. The molecule has 0 unspecified atom stereocenters. The summed E-state index contributed by atoms with van der Waals surface area (Å²) in [4.78, 5) is 11.1.